The standard InChI is InChI=1S/C17H18N2O5/c1-12-16(22-2)8-7-14(17(12)23-3)10-18-24-11-13-5-4-6-15(9-13)19(20)21/h4-10H,11H2,1-3H3/b18-10-. The van der Waals surface area contributed by atoms with E-state index in [9.17, 15) is 10.1 Å². The Morgan fingerprint density at radius 2 is 2.00 bits per heavy atom. The van der Waals surface area contributed by atoms with Gasteiger partial charge in [-0.25, -0.2) is 0 Å². The van der Waals surface area contributed by atoms with Gasteiger partial charge in [-0.15, -0.1) is 0 Å². The van der Waals surface area contributed by atoms with E-state index >= 15 is 0 Å². The van der Waals surface area contributed by atoms with Gasteiger partial charge in [0.25, 0.3) is 5.69 Å². The van der Waals surface area contributed by atoms with Gasteiger partial charge >= 0.3 is 0 Å². The normalized spacial score (nSPS) is 10.6. The van der Waals surface area contributed by atoms with Crippen LogP contribution in [0.1, 0.15) is 16.7 Å². The van der Waals surface area contributed by atoms with Crippen molar-refractivity contribution in [3.05, 3.63) is 63.2 Å². The Bertz CT molecular complexity index is 759. The minimum absolute atomic E-state index is 0.0209. The number of methoxy groups -OCH3 is 2. The number of nitro groups is 1. The highest BCUT2D eigenvalue weighted by molar-refractivity contribution is 5.84. The lowest BCUT2D eigenvalue weighted by atomic mass is 10.1. The molecular weight excluding hydrogens is 312 g/mol. The van der Waals surface area contributed by atoms with Crippen LogP contribution in [-0.2, 0) is 11.4 Å². The molecule has 0 atom stereocenters. The first-order valence-electron chi connectivity index (χ1n) is 7.17. The molecule has 0 amide bonds. The van der Waals surface area contributed by atoms with Gasteiger partial charge in [0.05, 0.1) is 25.4 Å². The van der Waals surface area contributed by atoms with E-state index < -0.39 is 4.92 Å². The third-order valence-electron chi connectivity index (χ3n) is 3.43. The Morgan fingerprint density at radius 1 is 1.21 bits per heavy atom. The first-order valence-corrected chi connectivity index (χ1v) is 7.17. The smallest absolute Gasteiger partial charge is 0.269 e. The summed E-state index contributed by atoms with van der Waals surface area (Å²) < 4.78 is 10.6. The highest BCUT2D eigenvalue weighted by Gasteiger charge is 2.10. The highest BCUT2D eigenvalue weighted by atomic mass is 16.6. The zero-order chi connectivity index (χ0) is 17.5. The van der Waals surface area contributed by atoms with Crippen LogP contribution in [0.3, 0.4) is 0 Å². The second-order valence-corrected chi connectivity index (χ2v) is 4.95. The lowest BCUT2D eigenvalue weighted by Gasteiger charge is -2.11. The fourth-order valence-electron chi connectivity index (χ4n) is 2.25. The molecule has 7 nitrogen and oxygen atoms in total. The van der Waals surface area contributed by atoms with E-state index in [1.54, 1.807) is 26.4 Å². The number of non-ortho nitro benzene ring substituents is 1. The molecule has 0 unspecified atom stereocenters. The van der Waals surface area contributed by atoms with E-state index in [2.05, 4.69) is 5.16 Å². The number of benzene rings is 2. The lowest BCUT2D eigenvalue weighted by molar-refractivity contribution is -0.384. The Balaban J connectivity index is 2.06. The lowest BCUT2D eigenvalue weighted by Crippen LogP contribution is -1.97. The average molecular weight is 330 g/mol. The maximum atomic E-state index is 10.7. The molecule has 0 heterocycles. The molecule has 126 valence electrons. The van der Waals surface area contributed by atoms with Crippen LogP contribution in [0.15, 0.2) is 41.6 Å². The molecule has 0 aliphatic heterocycles. The highest BCUT2D eigenvalue weighted by Crippen LogP contribution is 2.30. The molecule has 24 heavy (non-hydrogen) atoms. The number of rotatable bonds is 7. The van der Waals surface area contributed by atoms with Crippen LogP contribution in [0.4, 0.5) is 5.69 Å². The van der Waals surface area contributed by atoms with Crippen LogP contribution in [0.2, 0.25) is 0 Å². The maximum absolute atomic E-state index is 10.7. The molecule has 0 fully saturated rings. The van der Waals surface area contributed by atoms with Crippen molar-refractivity contribution < 1.29 is 19.2 Å². The Hall–Kier alpha value is -3.09. The molecule has 7 heteroatoms. The SMILES string of the molecule is COc1ccc(/C=N\OCc2cccc([N+](=O)[O-])c2)c(OC)c1C. The predicted molar refractivity (Wildman–Crippen MR) is 89.8 cm³/mol. The Morgan fingerprint density at radius 3 is 2.67 bits per heavy atom. The predicted octanol–water partition coefficient (Wildman–Crippen LogP) is 3.47. The van der Waals surface area contributed by atoms with Crippen LogP contribution in [0.25, 0.3) is 0 Å². The van der Waals surface area contributed by atoms with Gasteiger partial charge < -0.3 is 14.3 Å². The zero-order valence-electron chi connectivity index (χ0n) is 13.7. The summed E-state index contributed by atoms with van der Waals surface area (Å²) >= 11 is 0. The van der Waals surface area contributed by atoms with Crippen molar-refractivity contribution >= 4 is 11.9 Å². The molecule has 0 aromatic heterocycles. The third-order valence-corrected chi connectivity index (χ3v) is 3.43. The molecule has 0 N–H and O–H groups in total. The van der Waals surface area contributed by atoms with Crippen molar-refractivity contribution in [2.45, 2.75) is 13.5 Å². The van der Waals surface area contributed by atoms with Gasteiger partial charge in [0, 0.05) is 23.3 Å². The summed E-state index contributed by atoms with van der Waals surface area (Å²) in [6.07, 6.45) is 1.53. The van der Waals surface area contributed by atoms with E-state index in [0.29, 0.717) is 11.3 Å². The molecule has 0 radical (unpaired) electrons. The van der Waals surface area contributed by atoms with Crippen LogP contribution in [-0.4, -0.2) is 25.4 Å². The van der Waals surface area contributed by atoms with E-state index in [0.717, 1.165) is 16.9 Å². The molecule has 2 aromatic rings. The minimum Gasteiger partial charge on any atom is -0.496 e. The number of nitro benzene ring substituents is 1. The molecule has 0 aliphatic rings. The summed E-state index contributed by atoms with van der Waals surface area (Å²) in [4.78, 5) is 15.5. The first kappa shape index (κ1) is 17.3. The van der Waals surface area contributed by atoms with Crippen molar-refractivity contribution in [2.75, 3.05) is 14.2 Å². The topological polar surface area (TPSA) is 83.2 Å². The second kappa shape index (κ2) is 7.96. The van der Waals surface area contributed by atoms with Gasteiger partial charge in [-0.05, 0) is 24.6 Å². The quantitative estimate of drug-likeness (QED) is 0.441. The number of hydrogen-bond donors (Lipinski definition) is 0. The zero-order valence-corrected chi connectivity index (χ0v) is 13.7. The van der Waals surface area contributed by atoms with Crippen LogP contribution in [0.5, 0.6) is 11.5 Å². The fraction of sp³-hybridized carbons (Fsp3) is 0.235. The molecule has 0 aliphatic carbocycles. The summed E-state index contributed by atoms with van der Waals surface area (Å²) in [6.45, 7) is 2.02. The number of oxime groups is 1. The molecule has 0 spiro atoms. The Labute approximate surface area is 139 Å². The van der Waals surface area contributed by atoms with Gasteiger partial charge in [0.2, 0.25) is 0 Å². The van der Waals surface area contributed by atoms with Crippen molar-refractivity contribution in [3.63, 3.8) is 0 Å². The van der Waals surface area contributed by atoms with Crippen LogP contribution < -0.4 is 9.47 Å². The van der Waals surface area contributed by atoms with Crippen LogP contribution >= 0.6 is 0 Å². The number of nitrogens with zero attached hydrogens (tertiary/aromatic N) is 2. The first-order chi connectivity index (χ1) is 11.6. The summed E-state index contributed by atoms with van der Waals surface area (Å²) in [6, 6.07) is 9.85. The molecule has 2 aromatic carbocycles. The van der Waals surface area contributed by atoms with E-state index in [1.807, 2.05) is 19.1 Å². The Kier molecular flexibility index (Phi) is 5.73. The average Bonchev–Trinajstić information content (AvgIpc) is 2.59. The summed E-state index contributed by atoms with van der Waals surface area (Å²) in [5.41, 5.74) is 2.30. The molecule has 0 saturated carbocycles. The number of hydrogen-bond acceptors (Lipinski definition) is 6. The summed E-state index contributed by atoms with van der Waals surface area (Å²) in [7, 11) is 3.17. The van der Waals surface area contributed by atoms with Crippen molar-refractivity contribution in [1.82, 2.24) is 0 Å². The summed E-state index contributed by atoms with van der Waals surface area (Å²) in [5.74, 6) is 1.37. The molecule has 2 rings (SSSR count). The number of ether oxygens (including phenoxy) is 2. The molecule has 0 bridgehead atoms. The minimum atomic E-state index is -0.447. The van der Waals surface area contributed by atoms with Crippen molar-refractivity contribution in [2.24, 2.45) is 5.16 Å². The van der Waals surface area contributed by atoms with E-state index in [-0.39, 0.29) is 12.3 Å². The van der Waals surface area contributed by atoms with Crippen LogP contribution in [0, 0.1) is 17.0 Å². The maximum Gasteiger partial charge on any atom is 0.269 e. The van der Waals surface area contributed by atoms with E-state index in [4.69, 9.17) is 14.3 Å². The van der Waals surface area contributed by atoms with Crippen molar-refractivity contribution in [3.8, 4) is 11.5 Å². The van der Waals surface area contributed by atoms with Gasteiger partial charge in [0.15, 0.2) is 0 Å². The monoisotopic (exact) mass is 330 g/mol. The molecular formula is C17H18N2O5. The van der Waals surface area contributed by atoms with Crippen molar-refractivity contribution in [1.29, 1.82) is 0 Å². The largest absolute Gasteiger partial charge is 0.496 e. The van der Waals surface area contributed by atoms with E-state index in [1.165, 1.54) is 18.3 Å². The van der Waals surface area contributed by atoms with Gasteiger partial charge in [-0.2, -0.15) is 0 Å². The second-order valence-electron chi connectivity index (χ2n) is 4.95. The van der Waals surface area contributed by atoms with Gasteiger partial charge in [0.1, 0.15) is 18.1 Å². The summed E-state index contributed by atoms with van der Waals surface area (Å²) in [5, 5.41) is 14.6. The molecule has 0 saturated heterocycles. The third kappa shape index (κ3) is 4.01. The van der Waals surface area contributed by atoms with Gasteiger partial charge in [-0.3, -0.25) is 10.1 Å². The fourth-order valence-corrected chi connectivity index (χ4v) is 2.25. The van der Waals surface area contributed by atoms with Gasteiger partial charge in [-0.1, -0.05) is 17.3 Å².